The van der Waals surface area contributed by atoms with Crippen molar-refractivity contribution in [1.82, 2.24) is 83.9 Å². The number of para-hydroxylation sites is 6. The van der Waals surface area contributed by atoms with Crippen molar-refractivity contribution in [1.29, 1.82) is 0 Å². The van der Waals surface area contributed by atoms with E-state index in [0.29, 0.717) is 88.7 Å². The number of amides is 2. The van der Waals surface area contributed by atoms with Gasteiger partial charge in [-0.05, 0) is 152 Å². The van der Waals surface area contributed by atoms with Gasteiger partial charge in [0.05, 0.1) is 66.3 Å². The van der Waals surface area contributed by atoms with Crippen molar-refractivity contribution < 1.29 is 48.5 Å². The third-order valence-corrected chi connectivity index (χ3v) is 27.7. The molecule has 12 atom stereocenters. The van der Waals surface area contributed by atoms with Gasteiger partial charge in [0.1, 0.15) is 18.1 Å². The van der Waals surface area contributed by atoms with E-state index >= 15 is 0 Å². The molecule has 6 saturated heterocycles. The van der Waals surface area contributed by atoms with E-state index in [-0.39, 0.29) is 72.9 Å². The third kappa shape index (κ3) is 21.6. The quantitative estimate of drug-likeness (QED) is 0.0329. The van der Waals surface area contributed by atoms with Crippen molar-refractivity contribution in [3.05, 3.63) is 176 Å². The summed E-state index contributed by atoms with van der Waals surface area (Å²) < 4.78 is 14.7. The molecule has 0 spiro atoms. The number of aromatic carboxylic acids is 1. The van der Waals surface area contributed by atoms with Crippen LogP contribution in [0.5, 0.6) is 0 Å². The number of aromatic amines is 3. The van der Waals surface area contributed by atoms with Crippen LogP contribution in [0.25, 0.3) is 33.1 Å². The first kappa shape index (κ1) is 92.6. The molecule has 33 heteroatoms. The van der Waals surface area contributed by atoms with Gasteiger partial charge in [-0.1, -0.05) is 133 Å². The first-order valence-corrected chi connectivity index (χ1v) is 45.2. The molecule has 6 aromatic heterocycles. The van der Waals surface area contributed by atoms with Crippen molar-refractivity contribution in [2.75, 3.05) is 14.2 Å². The van der Waals surface area contributed by atoms with Crippen molar-refractivity contribution in [3.63, 3.8) is 0 Å². The maximum Gasteiger partial charge on any atom is 0.360 e. The molecule has 9 fully saturated rings. The summed E-state index contributed by atoms with van der Waals surface area (Å²) in [7, 11) is 2.59. The second-order valence-electron chi connectivity index (χ2n) is 35.4. The highest BCUT2D eigenvalue weighted by Crippen LogP contribution is 2.48. The predicted octanol–water partition coefficient (Wildman–Crippen LogP) is 12.4. The number of aromatic nitrogens is 12. The van der Waals surface area contributed by atoms with E-state index in [4.69, 9.17) is 10.5 Å². The number of esters is 2. The Balaban J connectivity index is 0.000000151. The number of rotatable bonds is 20. The van der Waals surface area contributed by atoms with Crippen LogP contribution < -0.4 is 33.0 Å². The summed E-state index contributed by atoms with van der Waals surface area (Å²) in [6, 6.07) is 24.4. The third-order valence-electron chi connectivity index (χ3n) is 27.7. The normalized spacial score (nSPS) is 24.0. The van der Waals surface area contributed by atoms with Crippen LogP contribution >= 0.6 is 24.8 Å². The first-order valence-electron chi connectivity index (χ1n) is 45.2. The van der Waals surface area contributed by atoms with Gasteiger partial charge in [-0.25, -0.2) is 44.3 Å². The molecule has 9 N–H and O–H groups in total. The second-order valence-corrected chi connectivity index (χ2v) is 35.4. The van der Waals surface area contributed by atoms with E-state index in [9.17, 15) is 53.4 Å². The van der Waals surface area contributed by atoms with Crippen molar-refractivity contribution in [2.45, 2.75) is 322 Å². The molecule has 9 aliphatic rings. The number of nitrogens with zero attached hydrogens (tertiary/aromatic N) is 12. The lowest BCUT2D eigenvalue weighted by Crippen LogP contribution is -2.51. The average molecular weight is 1760 g/mol. The monoisotopic (exact) mass is 1760 g/mol. The van der Waals surface area contributed by atoms with Crippen LogP contribution in [0.2, 0.25) is 0 Å². The van der Waals surface area contributed by atoms with Gasteiger partial charge in [0.2, 0.25) is 5.69 Å². The zero-order valence-corrected chi connectivity index (χ0v) is 73.3. The molecule has 6 unspecified atom stereocenters. The number of imidazole rings is 3. The molecule has 3 aliphatic carbocycles. The summed E-state index contributed by atoms with van der Waals surface area (Å²) in [4.78, 5) is 157. The smallest absolute Gasteiger partial charge is 0.360 e. The fourth-order valence-corrected chi connectivity index (χ4v) is 22.2. The average Bonchev–Trinajstić information content (AvgIpc) is 1.71. The fraction of sp³-hybridized carbons (Fsp3) is 0.576. The summed E-state index contributed by atoms with van der Waals surface area (Å²) in [6.07, 6.45) is 50.0. The standard InChI is InChI=1S/C31H40N6O4.C30H38N6O4.C24H31N3O3.C7H11N3O2.2ClH/c1-41-31(40)26(15-20-18-32-19-33-20)35-29(38)28-30(39)37(27-12-8-7-11-25(27)34-28)24-16-22-13-14-23(17-24)36(22)21-9-5-3-2-4-6-10-21;37-28(34-25(30(39)40)14-19-17-31-18-32-19)27-29(38)36(26-11-7-6-10-24(26)33-27)23-15-21-12-13-22(16-23)35(21)20-8-4-2-1-3-5-9-20;28-23-22(24(29)30)25-20-10-6-7-11-21(20)27(23)19-14-17-12-13-18(15-19)26(17)16-8-4-2-1-3-5-9-16;1-12-7(11)6(8)2-5-3-9-4-10-5;;/h7-8,11-12,18-19,21-24,26H,2-6,9-10,13-17H2,1H3,(H,32,33)(H,35,38);6-7,10-11,17-18,20-23,25H,1-5,8-9,12-16H2,(H,31,32)(H,34,37)(H,39,40);6-7,10-11,16-19H,1-5,8-9,12-15H2,(H,29,30);3-4,6H,2,8H2,1H3,(H,9,10);2*1H/t22-,23+,24?,26?;21-,22+,23?,25?;17-,18+,19?;;;. The minimum absolute atomic E-state index is 0. The van der Waals surface area contributed by atoms with Gasteiger partial charge in [-0.2, -0.15) is 0 Å². The Morgan fingerprint density at radius 2 is 0.680 bits per heavy atom. The Morgan fingerprint density at radius 1 is 0.392 bits per heavy atom. The van der Waals surface area contributed by atoms with Gasteiger partial charge in [-0.3, -0.25) is 43.5 Å². The molecular weight excluding hydrogens is 1640 g/mol. The number of benzene rings is 3. The summed E-state index contributed by atoms with van der Waals surface area (Å²) in [5.74, 6) is -4.90. The number of methoxy groups -OCH3 is 2. The van der Waals surface area contributed by atoms with E-state index in [0.717, 1.165) is 86.5 Å². The van der Waals surface area contributed by atoms with Crippen molar-refractivity contribution in [2.24, 2.45) is 5.73 Å². The summed E-state index contributed by atoms with van der Waals surface area (Å²) in [5.41, 5.74) is 9.40. The number of piperidine rings is 3. The molecular formula is C92H122Cl2N18O13. The molecule has 31 nitrogen and oxygen atoms in total. The van der Waals surface area contributed by atoms with Gasteiger partial charge in [0.25, 0.3) is 28.5 Å². The molecule has 125 heavy (non-hydrogen) atoms. The Hall–Kier alpha value is -10.1. The maximum atomic E-state index is 14.1. The highest BCUT2D eigenvalue weighted by molar-refractivity contribution is 5.97. The van der Waals surface area contributed by atoms with Crippen LogP contribution in [0.1, 0.15) is 279 Å². The van der Waals surface area contributed by atoms with Crippen molar-refractivity contribution in [3.8, 4) is 0 Å². The molecule has 9 aromatic rings. The SMILES string of the molecule is COC(=O)C(Cc1cnc[nH]1)NC(=O)c1nc2ccccc2n(C2C[C@H]3CC[C@@H](C2)N3C2CCCCCCC2)c1=O.COC(=O)C(N)Cc1cnc[nH]1.Cl.Cl.O=C(NC(Cc1cnc[nH]1)C(=O)O)c1nc2ccccc2n(C2C[C@H]3CC[C@@H](C2)N3C2CCCCCCC2)c1=O.O=C(O)c1nc2ccccc2n(C2C[C@H]3CC[C@@H](C2)N3C2CCCCCCC2)c1=O. The van der Waals surface area contributed by atoms with Crippen LogP contribution in [-0.2, 0) is 43.1 Å². The minimum Gasteiger partial charge on any atom is -0.480 e. The molecule has 18 rings (SSSR count). The van der Waals surface area contributed by atoms with Crippen LogP contribution in [0, 0.1) is 0 Å². The van der Waals surface area contributed by atoms with Gasteiger partial charge in [0.15, 0.2) is 11.4 Å². The zero-order chi connectivity index (χ0) is 85.6. The van der Waals surface area contributed by atoms with E-state index in [1.54, 1.807) is 40.0 Å². The molecule has 3 saturated carbocycles. The van der Waals surface area contributed by atoms with Crippen LogP contribution in [-0.4, -0.2) is 206 Å². The Morgan fingerprint density at radius 3 is 0.984 bits per heavy atom. The van der Waals surface area contributed by atoms with Crippen LogP contribution in [0.4, 0.5) is 0 Å². The number of hydrogen-bond donors (Lipinski definition) is 8. The van der Waals surface area contributed by atoms with Gasteiger partial charge in [-0.15, -0.1) is 24.8 Å². The Labute approximate surface area is 739 Å². The lowest BCUT2D eigenvalue weighted by Gasteiger charge is -2.45. The number of fused-ring (bicyclic) bond motifs is 9. The van der Waals surface area contributed by atoms with Crippen LogP contribution in [0.3, 0.4) is 0 Å². The molecule has 2 amide bonds. The molecule has 6 bridgehead atoms. The number of H-pyrrole nitrogens is 3. The number of ether oxygens (including phenoxy) is 2. The highest BCUT2D eigenvalue weighted by atomic mass is 35.5. The Kier molecular flexibility index (Phi) is 32.2. The topological polar surface area (TPSA) is 412 Å². The van der Waals surface area contributed by atoms with E-state index < -0.39 is 70.5 Å². The van der Waals surface area contributed by atoms with Gasteiger partial charge in [0, 0.05) is 127 Å². The van der Waals surface area contributed by atoms with E-state index in [2.05, 4.69) is 74.9 Å². The number of nitrogens with two attached hydrogens (primary N) is 1. The molecule has 12 heterocycles. The van der Waals surface area contributed by atoms with Crippen molar-refractivity contribution >= 4 is 93.6 Å². The van der Waals surface area contributed by atoms with E-state index in [1.165, 1.54) is 181 Å². The second kappa shape index (κ2) is 43.4. The molecule has 0 radical (unpaired) electrons. The lowest BCUT2D eigenvalue weighted by molar-refractivity contribution is -0.143. The molecule has 672 valence electrons. The predicted molar refractivity (Wildman–Crippen MR) is 478 cm³/mol. The summed E-state index contributed by atoms with van der Waals surface area (Å²) >= 11 is 0. The summed E-state index contributed by atoms with van der Waals surface area (Å²) in [6.45, 7) is 0. The first-order chi connectivity index (χ1) is 59.9. The number of carbonyl (C=O) groups is 6. The largest absolute Gasteiger partial charge is 0.480 e. The zero-order valence-electron chi connectivity index (χ0n) is 71.7. The minimum atomic E-state index is -1.24. The number of aliphatic carboxylic acids is 1. The fourth-order valence-electron chi connectivity index (χ4n) is 22.2. The maximum absolute atomic E-state index is 14.1. The number of carbonyl (C=O) groups excluding carboxylic acids is 4. The van der Waals surface area contributed by atoms with Gasteiger partial charge >= 0.3 is 23.9 Å². The van der Waals surface area contributed by atoms with E-state index in [1.807, 2.05) is 65.2 Å². The summed E-state index contributed by atoms with van der Waals surface area (Å²) in [5, 5.41) is 24.5. The number of carboxylic acid groups (broad SMARTS) is 2. The highest BCUT2D eigenvalue weighted by Gasteiger charge is 2.49. The molecule has 6 aliphatic heterocycles. The number of hydrogen-bond acceptors (Lipinski definition) is 21. The number of halogens is 2. The lowest BCUT2D eigenvalue weighted by atomic mass is 9.89. The van der Waals surface area contributed by atoms with Crippen LogP contribution in [0.15, 0.2) is 125 Å². The number of carboxylic acids is 2. The molecule has 3 aromatic carbocycles. The number of nitrogens with one attached hydrogen (secondary N) is 5. The van der Waals surface area contributed by atoms with Gasteiger partial charge < -0.3 is 64.7 Å². The Bertz CT molecular complexity index is 5260.